The summed E-state index contributed by atoms with van der Waals surface area (Å²) in [7, 11) is 0. The molecule has 5 rings (SSSR count). The molecule has 0 radical (unpaired) electrons. The maximum Gasteiger partial charge on any atom is 0.240 e. The van der Waals surface area contributed by atoms with Gasteiger partial charge < -0.3 is 16.0 Å². The molecule has 2 aromatic heterocycles. The number of aromatic nitrogens is 2. The van der Waals surface area contributed by atoms with E-state index in [2.05, 4.69) is 49.4 Å². The first kappa shape index (κ1) is 19.4. The van der Waals surface area contributed by atoms with Gasteiger partial charge in [-0.1, -0.05) is 28.1 Å². The maximum atomic E-state index is 13.1. The van der Waals surface area contributed by atoms with Crippen LogP contribution in [-0.4, -0.2) is 39.9 Å². The number of fused-ring (bicyclic) bond motifs is 2. The van der Waals surface area contributed by atoms with E-state index in [4.69, 9.17) is 5.73 Å². The summed E-state index contributed by atoms with van der Waals surface area (Å²) >= 11 is 5.28. The van der Waals surface area contributed by atoms with Gasteiger partial charge in [0.05, 0.1) is 11.6 Å². The molecule has 8 heteroatoms. The number of nitrogens with two attached hydrogens (primary N) is 1. The molecule has 2 aromatic carbocycles. The summed E-state index contributed by atoms with van der Waals surface area (Å²) in [5.74, 6) is 0.613. The Kier molecular flexibility index (Phi) is 5.14. The number of hydrogen-bond acceptors (Lipinski definition) is 6. The summed E-state index contributed by atoms with van der Waals surface area (Å²) in [6, 6.07) is 14.2. The molecular weight excluding hydrogens is 462 g/mol. The van der Waals surface area contributed by atoms with Gasteiger partial charge in [-0.2, -0.15) is 0 Å². The molecule has 3 heterocycles. The normalized spacial score (nSPS) is 17.2. The van der Waals surface area contributed by atoms with Crippen molar-refractivity contribution in [2.75, 3.05) is 18.8 Å². The van der Waals surface area contributed by atoms with E-state index in [1.165, 1.54) is 21.3 Å². The number of thiophene rings is 1. The second-order valence-corrected chi connectivity index (χ2v) is 9.56. The second-order valence-electron chi connectivity index (χ2n) is 7.48. The lowest BCUT2D eigenvalue weighted by molar-refractivity contribution is -0.136. The van der Waals surface area contributed by atoms with Gasteiger partial charge in [0.2, 0.25) is 5.91 Å². The van der Waals surface area contributed by atoms with Crippen LogP contribution in [0.1, 0.15) is 10.4 Å². The van der Waals surface area contributed by atoms with E-state index in [-0.39, 0.29) is 11.9 Å². The molecule has 4 aromatic rings. The molecule has 6 nitrogen and oxygen atoms in total. The van der Waals surface area contributed by atoms with Gasteiger partial charge in [0.15, 0.2) is 0 Å². The van der Waals surface area contributed by atoms with Crippen LogP contribution in [0.5, 0.6) is 0 Å². The van der Waals surface area contributed by atoms with Crippen molar-refractivity contribution in [3.63, 3.8) is 0 Å². The van der Waals surface area contributed by atoms with Crippen molar-refractivity contribution < 1.29 is 4.79 Å². The minimum atomic E-state index is -0.200. The zero-order valence-corrected chi connectivity index (χ0v) is 18.5. The lowest BCUT2D eigenvalue weighted by Gasteiger charge is -2.33. The number of nitrogens with zero attached hydrogens (tertiary/aromatic N) is 3. The van der Waals surface area contributed by atoms with Crippen molar-refractivity contribution in [3.8, 4) is 0 Å². The van der Waals surface area contributed by atoms with Crippen molar-refractivity contribution in [2.45, 2.75) is 19.0 Å². The summed E-state index contributed by atoms with van der Waals surface area (Å²) in [4.78, 5) is 24.6. The van der Waals surface area contributed by atoms with Crippen LogP contribution in [0.3, 0.4) is 0 Å². The van der Waals surface area contributed by atoms with E-state index >= 15 is 0 Å². The predicted octanol–water partition coefficient (Wildman–Crippen LogP) is 3.73. The monoisotopic (exact) mass is 481 g/mol. The number of amides is 1. The number of hydrogen-bond donors (Lipinski definition) is 2. The highest BCUT2D eigenvalue weighted by Crippen LogP contribution is 2.29. The van der Waals surface area contributed by atoms with Gasteiger partial charge >= 0.3 is 0 Å². The van der Waals surface area contributed by atoms with E-state index in [1.54, 1.807) is 11.3 Å². The van der Waals surface area contributed by atoms with Gasteiger partial charge in [0.1, 0.15) is 12.1 Å². The molecule has 30 heavy (non-hydrogen) atoms. The number of benzene rings is 2. The van der Waals surface area contributed by atoms with Gasteiger partial charge in [-0.25, -0.2) is 9.97 Å². The average molecular weight is 482 g/mol. The fourth-order valence-corrected chi connectivity index (χ4v) is 5.57. The van der Waals surface area contributed by atoms with E-state index in [0.717, 1.165) is 27.5 Å². The molecule has 1 saturated heterocycles. The summed E-state index contributed by atoms with van der Waals surface area (Å²) in [6.07, 6.45) is 2.17. The average Bonchev–Trinajstić information content (AvgIpc) is 3.12. The second kappa shape index (κ2) is 7.94. The number of nitrogen functional groups attached to an aromatic ring is 1. The van der Waals surface area contributed by atoms with Crippen molar-refractivity contribution in [3.05, 3.63) is 63.7 Å². The van der Waals surface area contributed by atoms with E-state index < -0.39 is 0 Å². The van der Waals surface area contributed by atoms with Crippen LogP contribution in [0.25, 0.3) is 21.0 Å². The van der Waals surface area contributed by atoms with Crippen molar-refractivity contribution >= 4 is 60.0 Å². The Morgan fingerprint density at radius 2 is 2.10 bits per heavy atom. The van der Waals surface area contributed by atoms with Gasteiger partial charge in [0.25, 0.3) is 0 Å². The van der Waals surface area contributed by atoms with Gasteiger partial charge in [0, 0.05) is 45.5 Å². The third-order valence-corrected chi connectivity index (χ3v) is 7.04. The molecule has 1 fully saturated rings. The number of nitrogens with one attached hydrogen (secondary N) is 1. The van der Waals surface area contributed by atoms with Crippen LogP contribution in [0.4, 0.5) is 5.82 Å². The largest absolute Gasteiger partial charge is 0.383 e. The molecule has 0 spiro atoms. The zero-order chi connectivity index (χ0) is 20.7. The minimum absolute atomic E-state index is 0.141. The Labute approximate surface area is 186 Å². The molecule has 1 unspecified atom stereocenters. The molecule has 152 valence electrons. The smallest absolute Gasteiger partial charge is 0.240 e. The van der Waals surface area contributed by atoms with Crippen LogP contribution >= 0.6 is 27.3 Å². The number of anilines is 1. The maximum absolute atomic E-state index is 13.1. The molecule has 1 amide bonds. The van der Waals surface area contributed by atoms with Gasteiger partial charge in [-0.05, 0) is 41.3 Å². The van der Waals surface area contributed by atoms with E-state index in [9.17, 15) is 4.79 Å². The summed E-state index contributed by atoms with van der Waals surface area (Å²) < 4.78 is 2.31. The number of piperazine rings is 1. The lowest BCUT2D eigenvalue weighted by atomic mass is 10.1. The SMILES string of the molecule is Nc1ncnc2cc(CN3CCNC(Cc4cc5ccc(Br)cc5s4)C3=O)ccc12. The standard InChI is InChI=1S/C22H20BrN5OS/c23-15-3-2-14-8-16(30-20(14)9-15)10-19-22(29)28(6-5-25-19)11-13-1-4-17-18(7-13)26-12-27-21(17)24/h1-4,7-9,12,19,25H,5-6,10-11H2,(H2,24,26,27). The Bertz CT molecular complexity index is 1260. The first-order valence-electron chi connectivity index (χ1n) is 9.76. The van der Waals surface area contributed by atoms with Crippen molar-refractivity contribution in [1.82, 2.24) is 20.2 Å². The molecule has 1 aliphatic heterocycles. The number of rotatable bonds is 4. The van der Waals surface area contributed by atoms with Crippen LogP contribution in [-0.2, 0) is 17.8 Å². The summed E-state index contributed by atoms with van der Waals surface area (Å²) in [6.45, 7) is 2.05. The summed E-state index contributed by atoms with van der Waals surface area (Å²) in [5.41, 5.74) is 7.76. The quantitative estimate of drug-likeness (QED) is 0.463. The Morgan fingerprint density at radius 1 is 1.20 bits per heavy atom. The minimum Gasteiger partial charge on any atom is -0.383 e. The first-order valence-corrected chi connectivity index (χ1v) is 11.4. The Morgan fingerprint density at radius 3 is 3.00 bits per heavy atom. The van der Waals surface area contributed by atoms with Gasteiger partial charge in [-0.15, -0.1) is 11.3 Å². The zero-order valence-electron chi connectivity index (χ0n) is 16.1. The van der Waals surface area contributed by atoms with E-state index in [1.807, 2.05) is 29.2 Å². The van der Waals surface area contributed by atoms with Crippen LogP contribution in [0.2, 0.25) is 0 Å². The molecule has 0 aliphatic carbocycles. The van der Waals surface area contributed by atoms with Crippen LogP contribution < -0.4 is 11.1 Å². The molecule has 1 atom stereocenters. The number of carbonyl (C=O) groups excluding carboxylic acids is 1. The fourth-order valence-electron chi connectivity index (χ4n) is 3.91. The summed E-state index contributed by atoms with van der Waals surface area (Å²) in [5, 5.41) is 5.45. The highest BCUT2D eigenvalue weighted by atomic mass is 79.9. The van der Waals surface area contributed by atoms with Crippen molar-refractivity contribution in [2.24, 2.45) is 0 Å². The Hall–Kier alpha value is -2.55. The molecule has 0 saturated carbocycles. The van der Waals surface area contributed by atoms with Gasteiger partial charge in [-0.3, -0.25) is 4.79 Å². The van der Waals surface area contributed by atoms with Crippen LogP contribution in [0, 0.1) is 0 Å². The highest BCUT2D eigenvalue weighted by molar-refractivity contribution is 9.10. The third-order valence-electron chi connectivity index (χ3n) is 5.43. The van der Waals surface area contributed by atoms with Crippen LogP contribution in [0.15, 0.2) is 53.3 Å². The lowest BCUT2D eigenvalue weighted by Crippen LogP contribution is -2.55. The van der Waals surface area contributed by atoms with Crippen molar-refractivity contribution in [1.29, 1.82) is 0 Å². The molecule has 0 bridgehead atoms. The fraction of sp³-hybridized carbons (Fsp3) is 0.227. The molecule has 1 aliphatic rings. The van der Waals surface area contributed by atoms with E-state index in [0.29, 0.717) is 25.3 Å². The third kappa shape index (κ3) is 3.78. The molecule has 3 N–H and O–H groups in total. The molecular formula is C22H20BrN5OS. The highest BCUT2D eigenvalue weighted by Gasteiger charge is 2.29. The topological polar surface area (TPSA) is 84.1 Å². The number of carbonyl (C=O) groups is 1. The number of halogens is 1. The predicted molar refractivity (Wildman–Crippen MR) is 124 cm³/mol. The Balaban J connectivity index is 1.32. The first-order chi connectivity index (χ1) is 14.6.